The predicted molar refractivity (Wildman–Crippen MR) is 104 cm³/mol. The number of piperidine rings is 1. The number of anilines is 1. The van der Waals surface area contributed by atoms with E-state index >= 15 is 0 Å². The highest BCUT2D eigenvalue weighted by Crippen LogP contribution is 2.37. The minimum atomic E-state index is -0.935. The molecule has 4 rings (SSSR count). The van der Waals surface area contributed by atoms with Crippen LogP contribution in [0.4, 0.5) is 5.13 Å². The summed E-state index contributed by atoms with van der Waals surface area (Å²) < 4.78 is 0. The van der Waals surface area contributed by atoms with Gasteiger partial charge in [0.1, 0.15) is 10.6 Å². The first-order valence-corrected chi connectivity index (χ1v) is 10.3. The Bertz CT molecular complexity index is 792. The van der Waals surface area contributed by atoms with Crippen molar-refractivity contribution >= 4 is 22.4 Å². The van der Waals surface area contributed by atoms with Crippen molar-refractivity contribution in [3.05, 3.63) is 40.9 Å². The summed E-state index contributed by atoms with van der Waals surface area (Å²) in [5.74, 6) is 0.0189. The standard InChI is InChI=1S/C19H25N5O2S/c20-18-22-21-16(27-18)12-17(25)24-11-8-19(26,14-6-2-1-3-7-14)15(13-24)23-9-4-5-10-23/h1-3,6-7,15,26H,4-5,8-13H2,(H2,20,22)/t15-,19+/m1/s1. The van der Waals surface area contributed by atoms with Gasteiger partial charge in [-0.1, -0.05) is 41.7 Å². The summed E-state index contributed by atoms with van der Waals surface area (Å²) in [4.78, 5) is 17.0. The van der Waals surface area contributed by atoms with E-state index < -0.39 is 5.60 Å². The van der Waals surface area contributed by atoms with E-state index in [1.165, 1.54) is 11.3 Å². The molecule has 8 heteroatoms. The molecule has 2 fully saturated rings. The molecule has 2 saturated heterocycles. The molecule has 2 aliphatic heterocycles. The van der Waals surface area contributed by atoms with Gasteiger partial charge in [0.05, 0.1) is 12.5 Å². The number of likely N-dealkylation sites (tertiary alicyclic amines) is 2. The van der Waals surface area contributed by atoms with Crippen LogP contribution in [0.5, 0.6) is 0 Å². The van der Waals surface area contributed by atoms with Crippen LogP contribution in [-0.2, 0) is 16.8 Å². The van der Waals surface area contributed by atoms with E-state index in [0.29, 0.717) is 29.6 Å². The van der Waals surface area contributed by atoms with Gasteiger partial charge in [0.25, 0.3) is 0 Å². The Morgan fingerprint density at radius 1 is 1.22 bits per heavy atom. The van der Waals surface area contributed by atoms with Gasteiger partial charge >= 0.3 is 0 Å². The molecule has 0 radical (unpaired) electrons. The number of nitrogens with two attached hydrogens (primary N) is 1. The number of carbonyl (C=O) groups excluding carboxylic acids is 1. The number of aromatic nitrogens is 2. The molecular formula is C19H25N5O2S. The third-order valence-corrected chi connectivity index (χ3v) is 6.45. The fourth-order valence-corrected chi connectivity index (χ4v) is 4.86. The second kappa shape index (κ2) is 7.53. The number of hydrogen-bond acceptors (Lipinski definition) is 7. The summed E-state index contributed by atoms with van der Waals surface area (Å²) in [7, 11) is 0. The van der Waals surface area contributed by atoms with E-state index in [-0.39, 0.29) is 18.4 Å². The van der Waals surface area contributed by atoms with E-state index in [0.717, 1.165) is 31.5 Å². The molecule has 1 aromatic carbocycles. The zero-order valence-corrected chi connectivity index (χ0v) is 16.1. The quantitative estimate of drug-likeness (QED) is 0.820. The smallest absolute Gasteiger partial charge is 0.229 e. The van der Waals surface area contributed by atoms with Gasteiger partial charge in [-0.15, -0.1) is 10.2 Å². The highest BCUT2D eigenvalue weighted by molar-refractivity contribution is 7.15. The average Bonchev–Trinajstić information content (AvgIpc) is 3.35. The molecule has 27 heavy (non-hydrogen) atoms. The molecule has 2 atom stereocenters. The van der Waals surface area contributed by atoms with E-state index in [1.807, 2.05) is 35.2 Å². The normalized spacial score (nSPS) is 26.4. The zero-order chi connectivity index (χ0) is 18.9. The maximum atomic E-state index is 12.8. The van der Waals surface area contributed by atoms with Crippen LogP contribution in [0.2, 0.25) is 0 Å². The largest absolute Gasteiger partial charge is 0.383 e. The van der Waals surface area contributed by atoms with Crippen molar-refractivity contribution in [1.29, 1.82) is 0 Å². The second-order valence-corrected chi connectivity index (χ2v) is 8.44. The van der Waals surface area contributed by atoms with Gasteiger partial charge in [-0.25, -0.2) is 0 Å². The fourth-order valence-electron chi connectivity index (χ4n) is 4.26. The number of rotatable bonds is 4. The summed E-state index contributed by atoms with van der Waals surface area (Å²) >= 11 is 1.25. The van der Waals surface area contributed by atoms with Crippen LogP contribution in [-0.4, -0.2) is 63.2 Å². The Hall–Kier alpha value is -2.03. The van der Waals surface area contributed by atoms with E-state index in [2.05, 4.69) is 15.1 Å². The summed E-state index contributed by atoms with van der Waals surface area (Å²) in [6, 6.07) is 9.77. The number of nitrogen functional groups attached to an aromatic ring is 1. The van der Waals surface area contributed by atoms with Crippen molar-refractivity contribution < 1.29 is 9.90 Å². The van der Waals surface area contributed by atoms with Crippen molar-refractivity contribution in [2.24, 2.45) is 0 Å². The molecule has 144 valence electrons. The molecule has 1 amide bonds. The van der Waals surface area contributed by atoms with Crippen LogP contribution in [0.15, 0.2) is 30.3 Å². The summed E-state index contributed by atoms with van der Waals surface area (Å²) in [5.41, 5.74) is 5.62. The Labute approximate surface area is 162 Å². The summed E-state index contributed by atoms with van der Waals surface area (Å²) in [5, 5.41) is 20.4. The van der Waals surface area contributed by atoms with Crippen molar-refractivity contribution in [3.8, 4) is 0 Å². The molecule has 1 aromatic heterocycles. The minimum absolute atomic E-state index is 0.0189. The van der Waals surface area contributed by atoms with Crippen molar-refractivity contribution in [1.82, 2.24) is 20.0 Å². The Morgan fingerprint density at radius 2 is 1.96 bits per heavy atom. The van der Waals surface area contributed by atoms with E-state index in [1.54, 1.807) is 0 Å². The first-order valence-electron chi connectivity index (χ1n) is 9.44. The SMILES string of the molecule is Nc1nnc(CC(=O)N2CC[C@](O)(c3ccccc3)[C@H](N3CCCC3)C2)s1. The van der Waals surface area contributed by atoms with Crippen molar-refractivity contribution in [2.45, 2.75) is 37.3 Å². The minimum Gasteiger partial charge on any atom is -0.383 e. The lowest BCUT2D eigenvalue weighted by atomic mass is 9.79. The lowest BCUT2D eigenvalue weighted by molar-refractivity contribution is -0.142. The predicted octanol–water partition coefficient (Wildman–Crippen LogP) is 1.25. The van der Waals surface area contributed by atoms with Crippen molar-refractivity contribution in [3.63, 3.8) is 0 Å². The Kier molecular flexibility index (Phi) is 5.12. The van der Waals surface area contributed by atoms with Gasteiger partial charge in [-0.2, -0.15) is 0 Å². The van der Waals surface area contributed by atoms with Gasteiger partial charge in [0.2, 0.25) is 11.0 Å². The lowest BCUT2D eigenvalue weighted by Gasteiger charge is -2.48. The molecule has 2 aliphatic rings. The van der Waals surface area contributed by atoms with Crippen LogP contribution in [0, 0.1) is 0 Å². The number of benzene rings is 1. The van der Waals surface area contributed by atoms with Crippen LogP contribution >= 0.6 is 11.3 Å². The molecule has 3 N–H and O–H groups in total. The fraction of sp³-hybridized carbons (Fsp3) is 0.526. The van der Waals surface area contributed by atoms with Crippen LogP contribution in [0.25, 0.3) is 0 Å². The number of aliphatic hydroxyl groups is 1. The van der Waals surface area contributed by atoms with Gasteiger partial charge in [0.15, 0.2) is 0 Å². The first-order chi connectivity index (χ1) is 13.1. The maximum absolute atomic E-state index is 12.8. The maximum Gasteiger partial charge on any atom is 0.229 e. The van der Waals surface area contributed by atoms with Gasteiger partial charge in [0, 0.05) is 13.1 Å². The molecule has 2 aromatic rings. The monoisotopic (exact) mass is 387 g/mol. The van der Waals surface area contributed by atoms with Gasteiger partial charge in [-0.05, 0) is 37.9 Å². The molecule has 3 heterocycles. The summed E-state index contributed by atoms with van der Waals surface area (Å²) in [6.45, 7) is 2.99. The highest BCUT2D eigenvalue weighted by Gasteiger charge is 2.47. The van der Waals surface area contributed by atoms with Gasteiger partial charge in [-0.3, -0.25) is 9.69 Å². The number of carbonyl (C=O) groups is 1. The first kappa shape index (κ1) is 18.3. The average molecular weight is 388 g/mol. The number of nitrogens with zero attached hydrogens (tertiary/aromatic N) is 4. The highest BCUT2D eigenvalue weighted by atomic mass is 32.1. The molecule has 0 spiro atoms. The molecule has 0 saturated carbocycles. The third-order valence-electron chi connectivity index (χ3n) is 5.70. The van der Waals surface area contributed by atoms with Crippen LogP contribution in [0.1, 0.15) is 29.8 Å². The Morgan fingerprint density at radius 3 is 2.63 bits per heavy atom. The number of amides is 1. The van der Waals surface area contributed by atoms with E-state index in [4.69, 9.17) is 5.73 Å². The Balaban J connectivity index is 1.54. The van der Waals surface area contributed by atoms with E-state index in [9.17, 15) is 9.90 Å². The van der Waals surface area contributed by atoms with Crippen molar-refractivity contribution in [2.75, 3.05) is 31.9 Å². The zero-order valence-electron chi connectivity index (χ0n) is 15.3. The lowest BCUT2D eigenvalue weighted by Crippen LogP contribution is -2.61. The molecule has 0 bridgehead atoms. The van der Waals surface area contributed by atoms with Crippen LogP contribution < -0.4 is 5.73 Å². The summed E-state index contributed by atoms with van der Waals surface area (Å²) in [6.07, 6.45) is 3.02. The third kappa shape index (κ3) is 3.69. The topological polar surface area (TPSA) is 95.6 Å². The molecule has 0 unspecified atom stereocenters. The molecular weight excluding hydrogens is 362 g/mol. The van der Waals surface area contributed by atoms with Crippen LogP contribution in [0.3, 0.4) is 0 Å². The van der Waals surface area contributed by atoms with Gasteiger partial charge < -0.3 is 15.7 Å². The second-order valence-electron chi connectivity index (χ2n) is 7.35. The number of hydrogen-bond donors (Lipinski definition) is 2. The molecule has 7 nitrogen and oxygen atoms in total. The molecule has 0 aliphatic carbocycles.